The summed E-state index contributed by atoms with van der Waals surface area (Å²) in [6, 6.07) is 9.08. The van der Waals surface area contributed by atoms with Crippen molar-refractivity contribution in [1.29, 1.82) is 0 Å². The van der Waals surface area contributed by atoms with Gasteiger partial charge in [-0.05, 0) is 23.8 Å². The van der Waals surface area contributed by atoms with Crippen LogP contribution in [0.4, 0.5) is 8.78 Å². The van der Waals surface area contributed by atoms with Crippen LogP contribution in [0.1, 0.15) is 11.1 Å². The summed E-state index contributed by atoms with van der Waals surface area (Å²) in [7, 11) is 0. The Hall–Kier alpha value is -2.47. The highest BCUT2D eigenvalue weighted by Crippen LogP contribution is 2.17. The highest BCUT2D eigenvalue weighted by molar-refractivity contribution is 6.31. The van der Waals surface area contributed by atoms with E-state index in [2.05, 4.69) is 5.32 Å². The first-order valence-electron chi connectivity index (χ1n) is 7.13. The molecular formula is C17H15ClF2N2O2. The van der Waals surface area contributed by atoms with Crippen LogP contribution < -0.4 is 11.1 Å². The molecule has 24 heavy (non-hydrogen) atoms. The van der Waals surface area contributed by atoms with Gasteiger partial charge in [-0.3, -0.25) is 9.59 Å². The fraction of sp³-hybridized carbons (Fsp3) is 0.176. The number of hydrogen-bond acceptors (Lipinski definition) is 2. The zero-order valence-corrected chi connectivity index (χ0v) is 13.3. The van der Waals surface area contributed by atoms with Crippen LogP contribution in [-0.2, 0) is 22.4 Å². The molecule has 0 spiro atoms. The maximum atomic E-state index is 13.6. The van der Waals surface area contributed by atoms with Gasteiger partial charge in [-0.15, -0.1) is 0 Å². The average Bonchev–Trinajstić information content (AvgIpc) is 2.52. The van der Waals surface area contributed by atoms with E-state index in [1.807, 2.05) is 0 Å². The number of primary amides is 1. The molecule has 4 nitrogen and oxygen atoms in total. The summed E-state index contributed by atoms with van der Waals surface area (Å²) >= 11 is 6.02. The highest BCUT2D eigenvalue weighted by Gasteiger charge is 2.21. The van der Waals surface area contributed by atoms with Crippen molar-refractivity contribution >= 4 is 23.4 Å². The van der Waals surface area contributed by atoms with Crippen molar-refractivity contribution < 1.29 is 18.4 Å². The van der Waals surface area contributed by atoms with E-state index in [1.165, 1.54) is 6.07 Å². The van der Waals surface area contributed by atoms with E-state index < -0.39 is 35.9 Å². The molecule has 0 aliphatic carbocycles. The van der Waals surface area contributed by atoms with Crippen LogP contribution in [0.2, 0.25) is 5.02 Å². The number of amides is 2. The summed E-state index contributed by atoms with van der Waals surface area (Å²) in [6.45, 7) is 0. The van der Waals surface area contributed by atoms with Crippen molar-refractivity contribution in [2.24, 2.45) is 5.73 Å². The first-order valence-corrected chi connectivity index (χ1v) is 7.51. The smallest absolute Gasteiger partial charge is 0.240 e. The Balaban J connectivity index is 2.09. The highest BCUT2D eigenvalue weighted by atomic mass is 35.5. The third-order valence-electron chi connectivity index (χ3n) is 3.46. The van der Waals surface area contributed by atoms with E-state index in [9.17, 15) is 18.4 Å². The second-order valence-corrected chi connectivity index (χ2v) is 5.60. The number of hydrogen-bond donors (Lipinski definition) is 2. The fourth-order valence-corrected chi connectivity index (χ4v) is 2.43. The molecular weight excluding hydrogens is 338 g/mol. The standard InChI is InChI=1S/C17H15ClF2N2O2/c18-12-5-2-1-4-10(12)8-15(17(21)24)22-16(23)9-11-13(19)6-3-7-14(11)20/h1-7,15H,8-9H2,(H2,21,24)(H,22,23)/t15-/m0/s1. The maximum absolute atomic E-state index is 13.6. The Kier molecular flexibility index (Phi) is 5.87. The molecule has 0 aliphatic rings. The second kappa shape index (κ2) is 7.88. The minimum atomic E-state index is -1.03. The van der Waals surface area contributed by atoms with E-state index in [1.54, 1.807) is 24.3 Å². The van der Waals surface area contributed by atoms with Crippen molar-refractivity contribution in [3.63, 3.8) is 0 Å². The topological polar surface area (TPSA) is 72.2 Å². The molecule has 2 amide bonds. The molecule has 126 valence electrons. The molecule has 3 N–H and O–H groups in total. The molecule has 0 bridgehead atoms. The summed E-state index contributed by atoms with van der Waals surface area (Å²) in [5, 5.41) is 2.82. The van der Waals surface area contributed by atoms with Gasteiger partial charge in [-0.25, -0.2) is 8.78 Å². The molecule has 0 aromatic heterocycles. The van der Waals surface area contributed by atoms with E-state index in [0.29, 0.717) is 10.6 Å². The number of rotatable bonds is 6. The molecule has 2 rings (SSSR count). The van der Waals surface area contributed by atoms with Crippen LogP contribution in [0.15, 0.2) is 42.5 Å². The molecule has 2 aromatic rings. The monoisotopic (exact) mass is 352 g/mol. The van der Waals surface area contributed by atoms with Crippen molar-refractivity contribution in [2.45, 2.75) is 18.9 Å². The van der Waals surface area contributed by atoms with Gasteiger partial charge in [0.15, 0.2) is 0 Å². The van der Waals surface area contributed by atoms with Crippen LogP contribution in [0.25, 0.3) is 0 Å². The predicted octanol–water partition coefficient (Wildman–Crippen LogP) is 2.37. The van der Waals surface area contributed by atoms with Gasteiger partial charge in [-0.2, -0.15) is 0 Å². The molecule has 1 atom stereocenters. The van der Waals surface area contributed by atoms with Crippen molar-refractivity contribution in [2.75, 3.05) is 0 Å². The fourth-order valence-electron chi connectivity index (χ4n) is 2.21. The number of carbonyl (C=O) groups excluding carboxylic acids is 2. The van der Waals surface area contributed by atoms with Crippen LogP contribution in [0, 0.1) is 11.6 Å². The summed E-state index contributed by atoms with van der Waals surface area (Å²) in [5.74, 6) is -3.13. The lowest BCUT2D eigenvalue weighted by molar-refractivity contribution is -0.127. The van der Waals surface area contributed by atoms with Crippen LogP contribution >= 0.6 is 11.6 Å². The second-order valence-electron chi connectivity index (χ2n) is 5.19. The Bertz CT molecular complexity index is 748. The molecule has 2 aromatic carbocycles. The van der Waals surface area contributed by atoms with Crippen LogP contribution in [-0.4, -0.2) is 17.9 Å². The third-order valence-corrected chi connectivity index (χ3v) is 3.83. The molecule has 0 saturated carbocycles. The van der Waals surface area contributed by atoms with E-state index >= 15 is 0 Å². The lowest BCUT2D eigenvalue weighted by Gasteiger charge is -2.16. The number of nitrogens with one attached hydrogen (secondary N) is 1. The summed E-state index contributed by atoms with van der Waals surface area (Å²) in [5.41, 5.74) is 5.55. The lowest BCUT2D eigenvalue weighted by Crippen LogP contribution is -2.46. The van der Waals surface area contributed by atoms with Crippen molar-refractivity contribution in [1.82, 2.24) is 5.32 Å². The molecule has 0 heterocycles. The number of carbonyl (C=O) groups is 2. The van der Waals surface area contributed by atoms with Gasteiger partial charge in [-0.1, -0.05) is 35.9 Å². The normalized spacial score (nSPS) is 11.8. The van der Waals surface area contributed by atoms with Gasteiger partial charge in [0.1, 0.15) is 17.7 Å². The predicted molar refractivity (Wildman–Crippen MR) is 86.3 cm³/mol. The van der Waals surface area contributed by atoms with E-state index in [0.717, 1.165) is 12.1 Å². The molecule has 7 heteroatoms. The quantitative estimate of drug-likeness (QED) is 0.837. The van der Waals surface area contributed by atoms with Gasteiger partial charge < -0.3 is 11.1 Å². The van der Waals surface area contributed by atoms with Gasteiger partial charge >= 0.3 is 0 Å². The van der Waals surface area contributed by atoms with Gasteiger partial charge in [0.05, 0.1) is 6.42 Å². The summed E-state index contributed by atoms with van der Waals surface area (Å²) in [4.78, 5) is 23.6. The van der Waals surface area contributed by atoms with E-state index in [-0.39, 0.29) is 12.0 Å². The van der Waals surface area contributed by atoms with Gasteiger partial charge in [0.2, 0.25) is 11.8 Å². The van der Waals surface area contributed by atoms with Crippen LogP contribution in [0.5, 0.6) is 0 Å². The summed E-state index contributed by atoms with van der Waals surface area (Å²) in [6.07, 6.45) is -0.453. The zero-order valence-electron chi connectivity index (χ0n) is 12.6. The summed E-state index contributed by atoms with van der Waals surface area (Å²) < 4.78 is 27.2. The van der Waals surface area contributed by atoms with Gasteiger partial charge in [0.25, 0.3) is 0 Å². The molecule has 0 radical (unpaired) electrons. The Morgan fingerprint density at radius 2 is 1.71 bits per heavy atom. The Labute approximate surface area is 142 Å². The minimum Gasteiger partial charge on any atom is -0.368 e. The molecule has 0 fully saturated rings. The Morgan fingerprint density at radius 3 is 2.29 bits per heavy atom. The molecule has 0 unspecified atom stereocenters. The first-order chi connectivity index (χ1) is 11.4. The largest absolute Gasteiger partial charge is 0.368 e. The number of nitrogens with two attached hydrogens (primary N) is 1. The zero-order chi connectivity index (χ0) is 17.7. The maximum Gasteiger partial charge on any atom is 0.240 e. The lowest BCUT2D eigenvalue weighted by atomic mass is 10.0. The average molecular weight is 353 g/mol. The molecule has 0 aliphatic heterocycles. The SMILES string of the molecule is NC(=O)[C@H](Cc1ccccc1Cl)NC(=O)Cc1c(F)cccc1F. The van der Waals surface area contributed by atoms with Crippen molar-refractivity contribution in [3.05, 3.63) is 70.2 Å². The van der Waals surface area contributed by atoms with Crippen LogP contribution in [0.3, 0.4) is 0 Å². The van der Waals surface area contributed by atoms with Gasteiger partial charge in [0, 0.05) is 17.0 Å². The first kappa shape index (κ1) is 17.9. The molecule has 0 saturated heterocycles. The van der Waals surface area contributed by atoms with Crippen molar-refractivity contribution in [3.8, 4) is 0 Å². The Morgan fingerprint density at radius 1 is 1.08 bits per heavy atom. The minimum absolute atomic E-state index is 0.0838. The third kappa shape index (κ3) is 4.52. The number of benzene rings is 2. The number of halogens is 3. The van der Waals surface area contributed by atoms with E-state index in [4.69, 9.17) is 17.3 Å².